The summed E-state index contributed by atoms with van der Waals surface area (Å²) in [5.41, 5.74) is 0.489. The molecule has 3 aromatic rings. The van der Waals surface area contributed by atoms with E-state index < -0.39 is 11.7 Å². The van der Waals surface area contributed by atoms with Gasteiger partial charge in [0.25, 0.3) is 0 Å². The van der Waals surface area contributed by atoms with Crippen LogP contribution in [0.1, 0.15) is 38.8 Å². The van der Waals surface area contributed by atoms with Crippen molar-refractivity contribution in [1.29, 1.82) is 0 Å². The number of fused-ring (bicyclic) bond motifs is 1. The van der Waals surface area contributed by atoms with Crippen LogP contribution in [0.25, 0.3) is 10.8 Å². The van der Waals surface area contributed by atoms with Gasteiger partial charge in [-0.15, -0.1) is 0 Å². The maximum absolute atomic E-state index is 12.2. The Bertz CT molecular complexity index is 916. The summed E-state index contributed by atoms with van der Waals surface area (Å²) in [4.78, 5) is 12.2. The van der Waals surface area contributed by atoms with Gasteiger partial charge in [0.05, 0.1) is 12.6 Å². The van der Waals surface area contributed by atoms with Crippen molar-refractivity contribution in [2.75, 3.05) is 6.61 Å². The van der Waals surface area contributed by atoms with Crippen molar-refractivity contribution in [3.05, 3.63) is 78.4 Å². The topological polar surface area (TPSA) is 47.6 Å². The number of amides is 1. The average Bonchev–Trinajstić information content (AvgIpc) is 2.66. The zero-order chi connectivity index (χ0) is 20.0. The average molecular weight is 377 g/mol. The minimum atomic E-state index is -0.535. The minimum Gasteiger partial charge on any atom is -0.493 e. The van der Waals surface area contributed by atoms with Gasteiger partial charge in [-0.25, -0.2) is 4.79 Å². The predicted octanol–water partition coefficient (Wildman–Crippen LogP) is 5.87. The van der Waals surface area contributed by atoms with E-state index in [1.54, 1.807) is 0 Å². The molecule has 0 saturated heterocycles. The third-order valence-electron chi connectivity index (χ3n) is 4.29. The Morgan fingerprint density at radius 3 is 2.32 bits per heavy atom. The van der Waals surface area contributed by atoms with Crippen LogP contribution in [0.15, 0.2) is 72.8 Å². The first kappa shape index (κ1) is 19.7. The van der Waals surface area contributed by atoms with E-state index in [1.807, 2.05) is 75.4 Å². The smallest absolute Gasteiger partial charge is 0.408 e. The van der Waals surface area contributed by atoms with Gasteiger partial charge in [-0.2, -0.15) is 0 Å². The van der Waals surface area contributed by atoms with Crippen molar-refractivity contribution in [3.8, 4) is 5.75 Å². The number of carbonyl (C=O) groups excluding carboxylic acids is 1. The molecule has 0 fully saturated rings. The molecule has 0 aliphatic carbocycles. The summed E-state index contributed by atoms with van der Waals surface area (Å²) in [6.45, 7) is 6.04. The minimum absolute atomic E-state index is 0.184. The van der Waals surface area contributed by atoms with E-state index >= 15 is 0 Å². The van der Waals surface area contributed by atoms with Gasteiger partial charge in [0.1, 0.15) is 11.4 Å². The van der Waals surface area contributed by atoms with E-state index in [0.29, 0.717) is 13.0 Å². The van der Waals surface area contributed by atoms with Gasteiger partial charge in [0, 0.05) is 6.42 Å². The molecule has 146 valence electrons. The third kappa shape index (κ3) is 5.74. The fraction of sp³-hybridized carbons (Fsp3) is 0.292. The number of hydrogen-bond acceptors (Lipinski definition) is 3. The normalized spacial score (nSPS) is 12.4. The summed E-state index contributed by atoms with van der Waals surface area (Å²) < 4.78 is 11.4. The summed E-state index contributed by atoms with van der Waals surface area (Å²) in [5.74, 6) is 0.822. The fourth-order valence-electron chi connectivity index (χ4n) is 3.01. The first-order valence-electron chi connectivity index (χ1n) is 9.57. The van der Waals surface area contributed by atoms with Crippen LogP contribution in [-0.2, 0) is 4.74 Å². The molecule has 0 saturated carbocycles. The SMILES string of the molecule is CC(C)(C)OC(=O)NC(CCOc1ccc2ccccc2c1)c1ccccc1. The first-order chi connectivity index (χ1) is 13.4. The lowest BCUT2D eigenvalue weighted by Crippen LogP contribution is -2.35. The number of nitrogens with one attached hydrogen (secondary N) is 1. The van der Waals surface area contributed by atoms with Crippen molar-refractivity contribution in [2.45, 2.75) is 38.8 Å². The van der Waals surface area contributed by atoms with E-state index in [0.717, 1.165) is 16.7 Å². The number of rotatable bonds is 6. The molecule has 4 heteroatoms. The van der Waals surface area contributed by atoms with Gasteiger partial charge < -0.3 is 14.8 Å². The number of ether oxygens (including phenoxy) is 2. The zero-order valence-electron chi connectivity index (χ0n) is 16.6. The van der Waals surface area contributed by atoms with Crippen LogP contribution in [0.3, 0.4) is 0 Å². The van der Waals surface area contributed by atoms with Crippen LogP contribution in [0.5, 0.6) is 5.75 Å². The highest BCUT2D eigenvalue weighted by atomic mass is 16.6. The van der Waals surface area contributed by atoms with Crippen LogP contribution in [0, 0.1) is 0 Å². The molecule has 4 nitrogen and oxygen atoms in total. The Labute approximate surface area is 166 Å². The first-order valence-corrected chi connectivity index (χ1v) is 9.57. The highest BCUT2D eigenvalue weighted by Crippen LogP contribution is 2.22. The largest absolute Gasteiger partial charge is 0.493 e. The molecule has 1 N–H and O–H groups in total. The van der Waals surface area contributed by atoms with E-state index in [9.17, 15) is 4.79 Å². The third-order valence-corrected chi connectivity index (χ3v) is 4.29. The van der Waals surface area contributed by atoms with E-state index in [-0.39, 0.29) is 6.04 Å². The summed E-state index contributed by atoms with van der Waals surface area (Å²) in [6, 6.07) is 23.9. The van der Waals surface area contributed by atoms with Gasteiger partial charge >= 0.3 is 6.09 Å². The Hall–Kier alpha value is -3.01. The molecule has 3 aromatic carbocycles. The Morgan fingerprint density at radius 1 is 0.929 bits per heavy atom. The molecule has 0 heterocycles. The van der Waals surface area contributed by atoms with Crippen LogP contribution in [0.4, 0.5) is 4.79 Å². The molecule has 1 unspecified atom stereocenters. The highest BCUT2D eigenvalue weighted by Gasteiger charge is 2.20. The zero-order valence-corrected chi connectivity index (χ0v) is 16.6. The number of hydrogen-bond donors (Lipinski definition) is 1. The second kappa shape index (κ2) is 8.79. The lowest BCUT2D eigenvalue weighted by molar-refractivity contribution is 0.0497. The van der Waals surface area contributed by atoms with Crippen molar-refractivity contribution in [2.24, 2.45) is 0 Å². The van der Waals surface area contributed by atoms with Gasteiger partial charge in [0.2, 0.25) is 0 Å². The Morgan fingerprint density at radius 2 is 1.61 bits per heavy atom. The molecule has 0 radical (unpaired) electrons. The predicted molar refractivity (Wildman–Crippen MR) is 113 cm³/mol. The van der Waals surface area contributed by atoms with Gasteiger partial charge in [-0.05, 0) is 49.2 Å². The van der Waals surface area contributed by atoms with E-state index in [2.05, 4.69) is 23.5 Å². The van der Waals surface area contributed by atoms with Gasteiger partial charge in [-0.3, -0.25) is 0 Å². The van der Waals surface area contributed by atoms with Gasteiger partial charge in [-0.1, -0.05) is 60.7 Å². The molecule has 28 heavy (non-hydrogen) atoms. The molecule has 0 bridgehead atoms. The summed E-state index contributed by atoms with van der Waals surface area (Å²) in [7, 11) is 0. The Kier molecular flexibility index (Phi) is 6.19. The number of benzene rings is 3. The van der Waals surface area contributed by atoms with E-state index in [4.69, 9.17) is 9.47 Å². The highest BCUT2D eigenvalue weighted by molar-refractivity contribution is 5.83. The maximum Gasteiger partial charge on any atom is 0.408 e. The lowest BCUT2D eigenvalue weighted by Gasteiger charge is -2.24. The quantitative estimate of drug-likeness (QED) is 0.584. The van der Waals surface area contributed by atoms with Crippen molar-refractivity contribution >= 4 is 16.9 Å². The number of alkyl carbamates (subject to hydrolysis) is 1. The van der Waals surface area contributed by atoms with Crippen molar-refractivity contribution < 1.29 is 14.3 Å². The molecular weight excluding hydrogens is 350 g/mol. The van der Waals surface area contributed by atoms with Crippen LogP contribution in [-0.4, -0.2) is 18.3 Å². The molecule has 0 aliphatic heterocycles. The van der Waals surface area contributed by atoms with Crippen LogP contribution in [0.2, 0.25) is 0 Å². The standard InChI is InChI=1S/C24H27NO3/c1-24(2,3)28-23(26)25-22(19-10-5-4-6-11-19)15-16-27-21-14-13-18-9-7-8-12-20(18)17-21/h4-14,17,22H,15-16H2,1-3H3,(H,25,26). The fourth-order valence-corrected chi connectivity index (χ4v) is 3.01. The molecule has 1 amide bonds. The second-order valence-electron chi connectivity index (χ2n) is 7.76. The number of carbonyl (C=O) groups is 1. The van der Waals surface area contributed by atoms with Crippen molar-refractivity contribution in [3.63, 3.8) is 0 Å². The van der Waals surface area contributed by atoms with Crippen molar-refractivity contribution in [1.82, 2.24) is 5.32 Å². The molecule has 3 rings (SSSR count). The van der Waals surface area contributed by atoms with E-state index in [1.165, 1.54) is 5.39 Å². The van der Waals surface area contributed by atoms with Crippen LogP contribution >= 0.6 is 0 Å². The summed E-state index contributed by atoms with van der Waals surface area (Å²) in [5, 5.41) is 5.29. The summed E-state index contributed by atoms with van der Waals surface area (Å²) in [6.07, 6.45) is 0.211. The molecule has 0 spiro atoms. The molecule has 0 aromatic heterocycles. The van der Waals surface area contributed by atoms with Gasteiger partial charge in [0.15, 0.2) is 0 Å². The molecular formula is C24H27NO3. The summed E-state index contributed by atoms with van der Waals surface area (Å²) >= 11 is 0. The second-order valence-corrected chi connectivity index (χ2v) is 7.76. The Balaban J connectivity index is 1.64. The van der Waals surface area contributed by atoms with Crippen LogP contribution < -0.4 is 10.1 Å². The monoisotopic (exact) mass is 377 g/mol. The maximum atomic E-state index is 12.2. The lowest BCUT2D eigenvalue weighted by atomic mass is 10.0. The molecule has 1 atom stereocenters. The molecule has 0 aliphatic rings.